The third-order valence-electron chi connectivity index (χ3n) is 2.49. The van der Waals surface area contributed by atoms with Crippen LogP contribution in [0.5, 0.6) is 0 Å². The highest BCUT2D eigenvalue weighted by molar-refractivity contribution is 9.10. The Morgan fingerprint density at radius 3 is 2.81 bits per heavy atom. The zero-order chi connectivity index (χ0) is 15.4. The van der Waals surface area contributed by atoms with Crippen LogP contribution in [0.4, 0.5) is 10.1 Å². The van der Waals surface area contributed by atoms with Gasteiger partial charge in [-0.1, -0.05) is 15.9 Å². The molecule has 0 aliphatic carbocycles. The lowest BCUT2D eigenvalue weighted by atomic mass is 10.2. The van der Waals surface area contributed by atoms with Crippen LogP contribution >= 0.6 is 27.3 Å². The van der Waals surface area contributed by atoms with Gasteiger partial charge in [-0.3, -0.25) is 4.79 Å². The minimum Gasteiger partial charge on any atom is -0.477 e. The molecule has 4 nitrogen and oxygen atoms in total. The van der Waals surface area contributed by atoms with Gasteiger partial charge in [-0.25, -0.2) is 9.18 Å². The molecule has 0 spiro atoms. The van der Waals surface area contributed by atoms with E-state index in [9.17, 15) is 14.0 Å². The molecule has 0 fully saturated rings. The summed E-state index contributed by atoms with van der Waals surface area (Å²) in [5, 5.41) is 12.9. The second-order valence-electron chi connectivity index (χ2n) is 3.96. The highest BCUT2D eigenvalue weighted by Crippen LogP contribution is 2.22. The van der Waals surface area contributed by atoms with Crippen LogP contribution in [0.15, 0.2) is 40.2 Å². The van der Waals surface area contributed by atoms with Crippen LogP contribution < -0.4 is 5.32 Å². The molecule has 108 valence electrons. The van der Waals surface area contributed by atoms with Crippen molar-refractivity contribution in [3.05, 3.63) is 56.5 Å². The van der Waals surface area contributed by atoms with Crippen molar-refractivity contribution in [2.45, 2.75) is 0 Å². The van der Waals surface area contributed by atoms with Crippen LogP contribution in [0.2, 0.25) is 0 Å². The van der Waals surface area contributed by atoms with E-state index in [1.165, 1.54) is 24.3 Å². The molecule has 0 saturated heterocycles. The number of hydrogen-bond acceptors (Lipinski definition) is 3. The number of anilines is 1. The number of carboxylic acids is 1. The smallest absolute Gasteiger partial charge is 0.348 e. The van der Waals surface area contributed by atoms with Crippen molar-refractivity contribution in [2.24, 2.45) is 0 Å². The van der Waals surface area contributed by atoms with Crippen LogP contribution in [0.25, 0.3) is 6.08 Å². The van der Waals surface area contributed by atoms with Gasteiger partial charge in [0.15, 0.2) is 0 Å². The Morgan fingerprint density at radius 1 is 1.33 bits per heavy atom. The summed E-state index contributed by atoms with van der Waals surface area (Å²) in [6, 6.07) is 5.87. The summed E-state index contributed by atoms with van der Waals surface area (Å²) in [6.07, 6.45) is 2.47. The van der Waals surface area contributed by atoms with Gasteiger partial charge in [0.2, 0.25) is 5.91 Å². The number of rotatable bonds is 4. The fraction of sp³-hybridized carbons (Fsp3) is 0. The van der Waals surface area contributed by atoms with Gasteiger partial charge in [-0.15, -0.1) is 11.3 Å². The van der Waals surface area contributed by atoms with Crippen molar-refractivity contribution in [3.63, 3.8) is 0 Å². The number of aromatic carboxylic acids is 1. The number of carboxylic acid groups (broad SMARTS) is 1. The Labute approximate surface area is 132 Å². The van der Waals surface area contributed by atoms with Gasteiger partial charge in [0.25, 0.3) is 0 Å². The van der Waals surface area contributed by atoms with Crippen molar-refractivity contribution < 1.29 is 19.1 Å². The summed E-state index contributed by atoms with van der Waals surface area (Å²) in [4.78, 5) is 22.7. The first-order chi connectivity index (χ1) is 9.97. The maximum Gasteiger partial charge on any atom is 0.348 e. The SMILES string of the molecule is O=C(/C=C/c1cc(Br)ccc1F)Nc1ccsc1C(=O)O. The van der Waals surface area contributed by atoms with Crippen LogP contribution in [0, 0.1) is 5.82 Å². The number of thiophene rings is 1. The first-order valence-electron chi connectivity index (χ1n) is 5.72. The third kappa shape index (κ3) is 3.99. The molecule has 0 saturated carbocycles. The van der Waals surface area contributed by atoms with Gasteiger partial charge in [-0.2, -0.15) is 0 Å². The van der Waals surface area contributed by atoms with E-state index >= 15 is 0 Å². The van der Waals surface area contributed by atoms with Gasteiger partial charge in [0.05, 0.1) is 5.69 Å². The Balaban J connectivity index is 2.11. The van der Waals surface area contributed by atoms with E-state index in [-0.39, 0.29) is 16.1 Å². The normalized spacial score (nSPS) is 10.8. The summed E-state index contributed by atoms with van der Waals surface area (Å²) in [5.41, 5.74) is 0.472. The standard InChI is InChI=1S/C14H9BrFNO3S/c15-9-2-3-10(16)8(7-9)1-4-12(18)17-11-5-6-21-13(11)14(19)20/h1-7H,(H,17,18)(H,19,20)/b4-1+. The van der Waals surface area contributed by atoms with Crippen LogP contribution in [0.3, 0.4) is 0 Å². The van der Waals surface area contributed by atoms with Gasteiger partial charge < -0.3 is 10.4 Å². The van der Waals surface area contributed by atoms with Crippen LogP contribution in [-0.2, 0) is 4.79 Å². The molecular formula is C14H9BrFNO3S. The molecular weight excluding hydrogens is 361 g/mol. The molecule has 2 rings (SSSR count). The molecule has 0 atom stereocenters. The third-order valence-corrected chi connectivity index (χ3v) is 3.89. The topological polar surface area (TPSA) is 66.4 Å². The molecule has 2 aromatic rings. The minimum absolute atomic E-state index is 0.0467. The molecule has 1 amide bonds. The number of benzene rings is 1. The molecule has 2 N–H and O–H groups in total. The largest absolute Gasteiger partial charge is 0.477 e. The average molecular weight is 370 g/mol. The highest BCUT2D eigenvalue weighted by Gasteiger charge is 2.12. The number of carbonyl (C=O) groups is 2. The van der Waals surface area contributed by atoms with Crippen molar-refractivity contribution in [2.75, 3.05) is 5.32 Å². The van der Waals surface area contributed by atoms with Crippen molar-refractivity contribution in [1.82, 2.24) is 0 Å². The van der Waals surface area contributed by atoms with Gasteiger partial charge in [-0.05, 0) is 35.7 Å². The first-order valence-corrected chi connectivity index (χ1v) is 7.39. The Hall–Kier alpha value is -1.99. The molecule has 21 heavy (non-hydrogen) atoms. The zero-order valence-electron chi connectivity index (χ0n) is 10.5. The van der Waals surface area contributed by atoms with Gasteiger partial charge in [0, 0.05) is 16.1 Å². The Bertz CT molecular complexity index is 727. The lowest BCUT2D eigenvalue weighted by molar-refractivity contribution is -0.111. The molecule has 1 aromatic carbocycles. The van der Waals surface area contributed by atoms with E-state index < -0.39 is 17.7 Å². The van der Waals surface area contributed by atoms with Crippen molar-refractivity contribution in [3.8, 4) is 0 Å². The quantitative estimate of drug-likeness (QED) is 0.800. The van der Waals surface area contributed by atoms with Gasteiger partial charge in [0.1, 0.15) is 10.7 Å². The second kappa shape index (κ2) is 6.64. The summed E-state index contributed by atoms with van der Waals surface area (Å²) in [7, 11) is 0. The molecule has 0 aliphatic heterocycles. The fourth-order valence-corrected chi connectivity index (χ4v) is 2.62. The van der Waals surface area contributed by atoms with E-state index in [1.54, 1.807) is 11.4 Å². The molecule has 0 unspecified atom stereocenters. The van der Waals surface area contributed by atoms with Crippen LogP contribution in [0.1, 0.15) is 15.2 Å². The van der Waals surface area contributed by atoms with Gasteiger partial charge >= 0.3 is 5.97 Å². The molecule has 0 bridgehead atoms. The molecule has 1 aromatic heterocycles. The van der Waals surface area contributed by atoms with E-state index in [0.29, 0.717) is 4.47 Å². The van der Waals surface area contributed by atoms with E-state index in [1.807, 2.05) is 0 Å². The molecule has 7 heteroatoms. The van der Waals surface area contributed by atoms with Crippen LogP contribution in [-0.4, -0.2) is 17.0 Å². The number of hydrogen-bond donors (Lipinski definition) is 2. The number of halogens is 2. The maximum atomic E-state index is 13.5. The maximum absolute atomic E-state index is 13.5. The lowest BCUT2D eigenvalue weighted by Gasteiger charge is -2.01. The van der Waals surface area contributed by atoms with E-state index in [0.717, 1.165) is 17.4 Å². The highest BCUT2D eigenvalue weighted by atomic mass is 79.9. The van der Waals surface area contributed by atoms with Crippen molar-refractivity contribution >= 4 is 50.9 Å². The lowest BCUT2D eigenvalue weighted by Crippen LogP contribution is -2.10. The summed E-state index contributed by atoms with van der Waals surface area (Å²) in [6.45, 7) is 0. The summed E-state index contributed by atoms with van der Waals surface area (Å²) < 4.78 is 14.2. The predicted molar refractivity (Wildman–Crippen MR) is 83.0 cm³/mol. The monoisotopic (exact) mass is 369 g/mol. The molecule has 0 aliphatic rings. The van der Waals surface area contributed by atoms with E-state index in [4.69, 9.17) is 5.11 Å². The average Bonchev–Trinajstić information content (AvgIpc) is 2.88. The number of carbonyl (C=O) groups excluding carboxylic acids is 1. The number of nitrogens with one attached hydrogen (secondary N) is 1. The molecule has 0 radical (unpaired) electrons. The van der Waals surface area contributed by atoms with E-state index in [2.05, 4.69) is 21.2 Å². The number of amides is 1. The predicted octanol–water partition coefficient (Wildman–Crippen LogP) is 4.00. The molecule has 1 heterocycles. The second-order valence-corrected chi connectivity index (χ2v) is 5.79. The minimum atomic E-state index is -1.11. The summed E-state index contributed by atoms with van der Waals surface area (Å²) in [5.74, 6) is -2.10. The Kier molecular flexibility index (Phi) is 4.87. The fourth-order valence-electron chi connectivity index (χ4n) is 1.56. The first kappa shape index (κ1) is 15.4. The van der Waals surface area contributed by atoms with Crippen molar-refractivity contribution in [1.29, 1.82) is 0 Å². The summed E-state index contributed by atoms with van der Waals surface area (Å²) >= 11 is 4.23. The Morgan fingerprint density at radius 2 is 2.10 bits per heavy atom. The zero-order valence-corrected chi connectivity index (χ0v) is 12.9.